The maximum atomic E-state index is 5.16. The third-order valence-corrected chi connectivity index (χ3v) is 3.78. The molecule has 3 nitrogen and oxygen atoms in total. The first-order valence-corrected chi connectivity index (χ1v) is 6.63. The second kappa shape index (κ2) is 6.99. The number of hydrogen-bond acceptors (Lipinski definition) is 4. The number of thiazole rings is 1. The molecule has 4 heteroatoms. The van der Waals surface area contributed by atoms with Crippen LogP contribution in [-0.2, 0) is 4.74 Å². The zero-order valence-electron chi connectivity index (χ0n) is 10.6. The summed E-state index contributed by atoms with van der Waals surface area (Å²) in [7, 11) is 1.75. The summed E-state index contributed by atoms with van der Waals surface area (Å²) in [5.41, 5.74) is 0. The highest BCUT2D eigenvalue weighted by atomic mass is 32.1. The van der Waals surface area contributed by atoms with E-state index in [0.717, 1.165) is 19.6 Å². The Morgan fingerprint density at radius 3 is 2.81 bits per heavy atom. The minimum Gasteiger partial charge on any atom is -0.383 e. The molecule has 1 aromatic rings. The molecule has 0 aliphatic rings. The molecule has 1 heterocycles. The van der Waals surface area contributed by atoms with Gasteiger partial charge in [0, 0.05) is 36.7 Å². The molecular weight excluding hydrogens is 220 g/mol. The fourth-order valence-electron chi connectivity index (χ4n) is 1.55. The van der Waals surface area contributed by atoms with E-state index in [-0.39, 0.29) is 0 Å². The Hall–Kier alpha value is -0.450. The van der Waals surface area contributed by atoms with E-state index in [1.54, 1.807) is 18.4 Å². The number of hydrogen-bond donors (Lipinski definition) is 1. The predicted octanol–water partition coefficient (Wildman–Crippen LogP) is 2.57. The Morgan fingerprint density at radius 1 is 1.56 bits per heavy atom. The van der Waals surface area contributed by atoms with E-state index < -0.39 is 0 Å². The summed E-state index contributed by atoms with van der Waals surface area (Å²) in [6.45, 7) is 8.23. The van der Waals surface area contributed by atoms with E-state index in [0.29, 0.717) is 12.0 Å². The van der Waals surface area contributed by atoms with Crippen molar-refractivity contribution in [3.63, 3.8) is 0 Å². The van der Waals surface area contributed by atoms with Gasteiger partial charge in [-0.05, 0) is 13.3 Å². The fourth-order valence-corrected chi connectivity index (χ4v) is 2.38. The number of rotatable bonds is 7. The van der Waals surface area contributed by atoms with Crippen molar-refractivity contribution in [2.75, 3.05) is 20.3 Å². The molecule has 0 bridgehead atoms. The predicted molar refractivity (Wildman–Crippen MR) is 69.2 cm³/mol. The van der Waals surface area contributed by atoms with Crippen molar-refractivity contribution >= 4 is 11.3 Å². The summed E-state index contributed by atoms with van der Waals surface area (Å²) in [6, 6.07) is 0.452. The van der Waals surface area contributed by atoms with Crippen LogP contribution in [0.5, 0.6) is 0 Å². The Kier molecular flexibility index (Phi) is 5.95. The van der Waals surface area contributed by atoms with Gasteiger partial charge in [-0.2, -0.15) is 0 Å². The Morgan fingerprint density at radius 2 is 2.31 bits per heavy atom. The summed E-state index contributed by atoms with van der Waals surface area (Å²) < 4.78 is 5.16. The van der Waals surface area contributed by atoms with Gasteiger partial charge in [0.2, 0.25) is 0 Å². The number of nitrogens with one attached hydrogen (secondary N) is 1. The molecule has 1 aromatic heterocycles. The fraction of sp³-hybridized carbons (Fsp3) is 0.750. The lowest BCUT2D eigenvalue weighted by Gasteiger charge is -2.18. The average molecular weight is 242 g/mol. The number of aromatic nitrogens is 1. The molecule has 0 radical (unpaired) electrons. The van der Waals surface area contributed by atoms with Gasteiger partial charge in [0.1, 0.15) is 0 Å². The number of methoxy groups -OCH3 is 1. The minimum atomic E-state index is 0.452. The molecule has 16 heavy (non-hydrogen) atoms. The lowest BCUT2D eigenvalue weighted by atomic mass is 10.1. The molecule has 0 aliphatic carbocycles. The van der Waals surface area contributed by atoms with Crippen LogP contribution in [0, 0.1) is 6.92 Å². The van der Waals surface area contributed by atoms with Gasteiger partial charge in [-0.1, -0.05) is 13.8 Å². The van der Waals surface area contributed by atoms with Crippen LogP contribution in [0.25, 0.3) is 0 Å². The van der Waals surface area contributed by atoms with Crippen LogP contribution in [0.15, 0.2) is 6.20 Å². The number of aryl methyl sites for hydroxylation is 1. The van der Waals surface area contributed by atoms with E-state index in [2.05, 4.69) is 31.1 Å². The molecule has 2 atom stereocenters. The topological polar surface area (TPSA) is 34.1 Å². The van der Waals surface area contributed by atoms with E-state index >= 15 is 0 Å². The Bertz CT molecular complexity index is 301. The molecule has 0 spiro atoms. The van der Waals surface area contributed by atoms with Crippen LogP contribution in [0.2, 0.25) is 0 Å². The monoisotopic (exact) mass is 242 g/mol. The molecule has 0 saturated carbocycles. The van der Waals surface area contributed by atoms with Gasteiger partial charge in [0.25, 0.3) is 0 Å². The van der Waals surface area contributed by atoms with Crippen molar-refractivity contribution in [2.45, 2.75) is 39.2 Å². The second-order valence-corrected chi connectivity index (χ2v) is 5.45. The highest BCUT2D eigenvalue weighted by molar-refractivity contribution is 7.11. The minimum absolute atomic E-state index is 0.452. The van der Waals surface area contributed by atoms with Gasteiger partial charge in [-0.3, -0.25) is 0 Å². The highest BCUT2D eigenvalue weighted by Gasteiger charge is 2.12. The van der Waals surface area contributed by atoms with Crippen molar-refractivity contribution in [1.82, 2.24) is 10.3 Å². The largest absolute Gasteiger partial charge is 0.383 e. The van der Waals surface area contributed by atoms with Gasteiger partial charge in [0.15, 0.2) is 0 Å². The first-order chi connectivity index (χ1) is 7.67. The van der Waals surface area contributed by atoms with Crippen molar-refractivity contribution in [1.29, 1.82) is 0 Å². The third-order valence-electron chi connectivity index (χ3n) is 2.63. The van der Waals surface area contributed by atoms with Crippen LogP contribution < -0.4 is 5.32 Å². The van der Waals surface area contributed by atoms with Crippen LogP contribution in [0.1, 0.15) is 36.1 Å². The van der Waals surface area contributed by atoms with Gasteiger partial charge in [-0.15, -0.1) is 11.3 Å². The number of nitrogens with zero attached hydrogens (tertiary/aromatic N) is 1. The molecule has 0 saturated heterocycles. The van der Waals surface area contributed by atoms with Crippen molar-refractivity contribution in [3.8, 4) is 0 Å². The van der Waals surface area contributed by atoms with E-state index in [9.17, 15) is 0 Å². The van der Waals surface area contributed by atoms with Gasteiger partial charge in [-0.25, -0.2) is 4.98 Å². The molecule has 92 valence electrons. The lowest BCUT2D eigenvalue weighted by molar-refractivity contribution is 0.164. The summed E-state index contributed by atoms with van der Waals surface area (Å²) in [5, 5.41) is 4.74. The van der Waals surface area contributed by atoms with Crippen LogP contribution in [-0.4, -0.2) is 31.3 Å². The third kappa shape index (κ3) is 4.20. The molecular formula is C12H22N2OS. The quantitative estimate of drug-likeness (QED) is 0.798. The standard InChI is InChI=1S/C12H22N2OS/c1-5-11(8-15-4)13-6-9(2)12-14-7-10(3)16-12/h7,9,11,13H,5-6,8H2,1-4H3. The van der Waals surface area contributed by atoms with E-state index in [1.165, 1.54) is 9.88 Å². The maximum Gasteiger partial charge on any atom is 0.0968 e. The van der Waals surface area contributed by atoms with Gasteiger partial charge >= 0.3 is 0 Å². The molecule has 0 aliphatic heterocycles. The molecule has 0 fully saturated rings. The van der Waals surface area contributed by atoms with Crippen LogP contribution >= 0.6 is 11.3 Å². The lowest BCUT2D eigenvalue weighted by Crippen LogP contribution is -2.35. The van der Waals surface area contributed by atoms with Crippen molar-refractivity contribution in [2.24, 2.45) is 0 Å². The van der Waals surface area contributed by atoms with Gasteiger partial charge < -0.3 is 10.1 Å². The maximum absolute atomic E-state index is 5.16. The van der Waals surface area contributed by atoms with E-state index in [1.807, 2.05) is 6.20 Å². The molecule has 0 aromatic carbocycles. The first kappa shape index (κ1) is 13.6. The normalized spacial score (nSPS) is 15.0. The average Bonchev–Trinajstić information content (AvgIpc) is 2.70. The smallest absolute Gasteiger partial charge is 0.0968 e. The van der Waals surface area contributed by atoms with Crippen molar-refractivity contribution in [3.05, 3.63) is 16.1 Å². The molecule has 1 N–H and O–H groups in total. The second-order valence-electron chi connectivity index (χ2n) is 4.18. The summed E-state index contributed by atoms with van der Waals surface area (Å²) in [6.07, 6.45) is 3.04. The molecule has 2 unspecified atom stereocenters. The van der Waals surface area contributed by atoms with Crippen LogP contribution in [0.4, 0.5) is 0 Å². The summed E-state index contributed by atoms with van der Waals surface area (Å²) >= 11 is 1.79. The summed E-state index contributed by atoms with van der Waals surface area (Å²) in [4.78, 5) is 5.70. The first-order valence-electron chi connectivity index (χ1n) is 5.82. The number of ether oxygens (including phenoxy) is 1. The van der Waals surface area contributed by atoms with Gasteiger partial charge in [0.05, 0.1) is 11.6 Å². The molecule has 0 amide bonds. The Balaban J connectivity index is 2.36. The Labute approximate surface area is 102 Å². The highest BCUT2D eigenvalue weighted by Crippen LogP contribution is 2.20. The van der Waals surface area contributed by atoms with Crippen LogP contribution in [0.3, 0.4) is 0 Å². The zero-order valence-corrected chi connectivity index (χ0v) is 11.4. The molecule has 1 rings (SSSR count). The van der Waals surface area contributed by atoms with E-state index in [4.69, 9.17) is 4.74 Å². The SMILES string of the molecule is CCC(COC)NCC(C)c1ncc(C)s1. The van der Waals surface area contributed by atoms with Crippen molar-refractivity contribution < 1.29 is 4.74 Å². The summed E-state index contributed by atoms with van der Waals surface area (Å²) in [5.74, 6) is 0.476. The zero-order chi connectivity index (χ0) is 12.0.